The van der Waals surface area contributed by atoms with Gasteiger partial charge < -0.3 is 29.9 Å². The number of para-hydroxylation sites is 2. The highest BCUT2D eigenvalue weighted by Gasteiger charge is 2.22. The molecule has 0 unspecified atom stereocenters. The molecule has 0 aliphatic rings. The molecule has 14 heteroatoms. The maximum Gasteiger partial charge on any atom is 0.386 e. The van der Waals surface area contributed by atoms with E-state index in [4.69, 9.17) is 29.2 Å². The van der Waals surface area contributed by atoms with Crippen LogP contribution in [0.4, 0.5) is 0 Å². The monoisotopic (exact) mass is 802 g/mol. The molecule has 8 rings (SSSR count). The lowest BCUT2D eigenvalue weighted by atomic mass is 10.1. The van der Waals surface area contributed by atoms with E-state index in [1.165, 1.54) is 38.5 Å². The molecule has 2 heterocycles. The van der Waals surface area contributed by atoms with Crippen LogP contribution in [0.1, 0.15) is 20.7 Å². The minimum atomic E-state index is -1.08. The zero-order valence-electron chi connectivity index (χ0n) is 31.9. The van der Waals surface area contributed by atoms with E-state index >= 15 is 0 Å². The fraction of sp³-hybridized carbons (Fsp3) is 0.0435. The van der Waals surface area contributed by atoms with Crippen LogP contribution in [0.15, 0.2) is 146 Å². The molecule has 60 heavy (non-hydrogen) atoms. The molecular weight excluding hydrogens is 769 g/mol. The number of imidazole rings is 2. The number of aromatic hydroxyl groups is 3. The first-order valence-electron chi connectivity index (χ1n) is 18.3. The van der Waals surface area contributed by atoms with Gasteiger partial charge in [0, 0.05) is 41.0 Å². The highest BCUT2D eigenvalue weighted by molar-refractivity contribution is 5.89. The van der Waals surface area contributed by atoms with E-state index in [2.05, 4.69) is 0 Å². The number of carboxylic acid groups (broad SMARTS) is 1. The Kier molecular flexibility index (Phi) is 10.3. The summed E-state index contributed by atoms with van der Waals surface area (Å²) in [5.41, 5.74) is 3.91. The Morgan fingerprint density at radius 1 is 0.533 bits per heavy atom. The van der Waals surface area contributed by atoms with Gasteiger partial charge in [-0.3, -0.25) is 14.0 Å². The number of nitrogens with zero attached hydrogens (tertiary/aromatic N) is 4. The number of aromatic carboxylic acids is 1. The number of benzene rings is 6. The van der Waals surface area contributed by atoms with E-state index in [1.54, 1.807) is 131 Å². The van der Waals surface area contributed by atoms with E-state index in [1.807, 2.05) is 0 Å². The third kappa shape index (κ3) is 7.51. The summed E-state index contributed by atoms with van der Waals surface area (Å²) in [4.78, 5) is 45.6. The van der Waals surface area contributed by atoms with Crippen molar-refractivity contribution in [1.29, 1.82) is 0 Å². The van der Waals surface area contributed by atoms with Crippen LogP contribution in [0.3, 0.4) is 0 Å². The number of ether oxygens (including phenoxy) is 2. The highest BCUT2D eigenvalue weighted by atomic mass is 17.2. The molecule has 6 aromatic carbocycles. The third-order valence-electron chi connectivity index (χ3n) is 9.63. The maximum absolute atomic E-state index is 13.4. The number of carboxylic acids is 1. The van der Waals surface area contributed by atoms with E-state index in [0.717, 1.165) is 0 Å². The first-order valence-corrected chi connectivity index (χ1v) is 18.3. The Morgan fingerprint density at radius 3 is 1.68 bits per heavy atom. The summed E-state index contributed by atoms with van der Waals surface area (Å²) in [6.45, 7) is 0. The lowest BCUT2D eigenvalue weighted by Crippen LogP contribution is -2.09. The number of carbonyl (C=O) groups is 2. The quantitative estimate of drug-likeness (QED) is 0.0681. The van der Waals surface area contributed by atoms with Crippen LogP contribution in [0.5, 0.6) is 34.5 Å². The number of phenolic OH excluding ortho intramolecular Hbond substituents is 3. The summed E-state index contributed by atoms with van der Waals surface area (Å²) in [6, 6.07) is 35.7. The van der Waals surface area contributed by atoms with Gasteiger partial charge in [-0.05, 0) is 103 Å². The van der Waals surface area contributed by atoms with Gasteiger partial charge in [0.25, 0.3) is 0 Å². The first-order chi connectivity index (χ1) is 29.1. The Morgan fingerprint density at radius 2 is 1.07 bits per heavy atom. The number of aromatic nitrogens is 4. The molecule has 0 amide bonds. The summed E-state index contributed by atoms with van der Waals surface area (Å²) in [5, 5.41) is 41.9. The normalized spacial score (nSPS) is 10.9. The van der Waals surface area contributed by atoms with Crippen molar-refractivity contribution >= 4 is 11.9 Å². The second kappa shape index (κ2) is 16.1. The van der Waals surface area contributed by atoms with Gasteiger partial charge in [0.1, 0.15) is 40.4 Å². The van der Waals surface area contributed by atoms with Gasteiger partial charge in [-0.2, -0.15) is 0 Å². The van der Waals surface area contributed by atoms with Crippen molar-refractivity contribution in [2.24, 2.45) is 0 Å². The predicted molar refractivity (Wildman–Crippen MR) is 220 cm³/mol. The van der Waals surface area contributed by atoms with Crippen molar-refractivity contribution in [3.63, 3.8) is 0 Å². The number of hydrogen-bond acceptors (Lipinski definition) is 11. The van der Waals surface area contributed by atoms with Crippen molar-refractivity contribution in [2.75, 3.05) is 14.2 Å². The molecule has 298 valence electrons. The molecule has 0 spiro atoms. The average molecular weight is 803 g/mol. The maximum atomic E-state index is 13.4. The summed E-state index contributed by atoms with van der Waals surface area (Å²) in [5.74, 6) is -0.204. The van der Waals surface area contributed by atoms with E-state index in [-0.39, 0.29) is 34.1 Å². The van der Waals surface area contributed by atoms with Gasteiger partial charge in [0.2, 0.25) is 0 Å². The van der Waals surface area contributed by atoms with Crippen LogP contribution in [-0.4, -0.2) is 65.7 Å². The Bertz CT molecular complexity index is 2880. The van der Waals surface area contributed by atoms with Crippen LogP contribution >= 0.6 is 0 Å². The largest absolute Gasteiger partial charge is 0.507 e. The SMILES string of the molecule is COc1ccc(-c2nc(-c3ccccc3O)cn2-c2ccc(C(=O)OOc3ccccc3-c3cn(-c4ccc(C(=O)O)cc4)c(-c4cc(OC)ccc4O)n3)cc2)c(O)c1. The van der Waals surface area contributed by atoms with Crippen molar-refractivity contribution in [2.45, 2.75) is 0 Å². The molecule has 0 bridgehead atoms. The lowest BCUT2D eigenvalue weighted by molar-refractivity contribution is -0.149. The predicted octanol–water partition coefficient (Wildman–Crippen LogP) is 8.71. The zero-order chi connectivity index (χ0) is 41.9. The zero-order valence-corrected chi connectivity index (χ0v) is 31.9. The fourth-order valence-electron chi connectivity index (χ4n) is 6.54. The van der Waals surface area contributed by atoms with Gasteiger partial charge in [0.05, 0.1) is 47.9 Å². The van der Waals surface area contributed by atoms with Gasteiger partial charge in [-0.25, -0.2) is 24.4 Å². The molecule has 2 aromatic heterocycles. The molecular formula is C46H34N4O10. The average Bonchev–Trinajstić information content (AvgIpc) is 3.92. The number of phenols is 3. The van der Waals surface area contributed by atoms with E-state index in [9.17, 15) is 30.0 Å². The molecule has 0 saturated heterocycles. The summed E-state index contributed by atoms with van der Waals surface area (Å²) >= 11 is 0. The minimum absolute atomic E-state index is 0.0320. The molecule has 14 nitrogen and oxygen atoms in total. The van der Waals surface area contributed by atoms with Crippen LogP contribution < -0.4 is 14.4 Å². The van der Waals surface area contributed by atoms with Gasteiger partial charge in [0.15, 0.2) is 5.75 Å². The second-order valence-corrected chi connectivity index (χ2v) is 13.3. The van der Waals surface area contributed by atoms with Gasteiger partial charge >= 0.3 is 11.9 Å². The Labute approximate surface area is 341 Å². The molecule has 0 fully saturated rings. The van der Waals surface area contributed by atoms with Crippen LogP contribution in [0.2, 0.25) is 0 Å². The van der Waals surface area contributed by atoms with Gasteiger partial charge in [-0.15, -0.1) is 0 Å². The Hall–Kier alpha value is -8.52. The lowest BCUT2D eigenvalue weighted by Gasteiger charge is -2.11. The second-order valence-electron chi connectivity index (χ2n) is 13.3. The molecule has 8 aromatic rings. The molecule has 4 N–H and O–H groups in total. The summed E-state index contributed by atoms with van der Waals surface area (Å²) in [6.07, 6.45) is 3.41. The number of rotatable bonds is 12. The van der Waals surface area contributed by atoms with E-state index < -0.39 is 11.9 Å². The van der Waals surface area contributed by atoms with Crippen molar-refractivity contribution in [1.82, 2.24) is 19.1 Å². The first kappa shape index (κ1) is 38.4. The topological polar surface area (TPSA) is 188 Å². The van der Waals surface area contributed by atoms with Crippen LogP contribution in [-0.2, 0) is 4.89 Å². The number of methoxy groups -OCH3 is 2. The van der Waals surface area contributed by atoms with E-state index in [0.29, 0.717) is 68.2 Å². The molecule has 0 aliphatic heterocycles. The number of hydrogen-bond donors (Lipinski definition) is 4. The van der Waals surface area contributed by atoms with Crippen LogP contribution in [0.25, 0.3) is 56.7 Å². The van der Waals surface area contributed by atoms with Gasteiger partial charge in [-0.1, -0.05) is 24.3 Å². The molecule has 0 aliphatic carbocycles. The number of carbonyl (C=O) groups excluding carboxylic acids is 1. The van der Waals surface area contributed by atoms with Crippen LogP contribution in [0, 0.1) is 0 Å². The Balaban J connectivity index is 1.08. The molecule has 0 radical (unpaired) electrons. The summed E-state index contributed by atoms with van der Waals surface area (Å²) < 4.78 is 14.1. The van der Waals surface area contributed by atoms with Crippen molar-refractivity contribution < 1.29 is 49.3 Å². The standard InChI is InChI=1S/C46H34N4O10/c1-57-31-20-22-40(52)36(23-31)44-48-38(26-50(44)29-15-11-27(12-16-29)45(54)55)34-8-4-6-10-42(34)59-60-46(56)28-13-17-30(18-14-28)49-25-37(33-7-3-5-9-39(33)51)47-43(49)35-21-19-32(58-2)24-41(35)53/h3-26,51-53H,1-2H3,(H,54,55). The fourth-order valence-corrected chi connectivity index (χ4v) is 6.54. The molecule has 0 atom stereocenters. The summed E-state index contributed by atoms with van der Waals surface area (Å²) in [7, 11) is 3.00. The smallest absolute Gasteiger partial charge is 0.386 e. The van der Waals surface area contributed by atoms with Crippen molar-refractivity contribution in [3.8, 4) is 91.2 Å². The van der Waals surface area contributed by atoms with Crippen molar-refractivity contribution in [3.05, 3.63) is 157 Å². The molecule has 0 saturated carbocycles. The minimum Gasteiger partial charge on any atom is -0.507 e. The highest BCUT2D eigenvalue weighted by Crippen LogP contribution is 2.39. The third-order valence-corrected chi connectivity index (χ3v) is 9.63.